The minimum Gasteiger partial charge on any atom is -0.342 e. The van der Waals surface area contributed by atoms with E-state index in [-0.39, 0.29) is 5.91 Å². The van der Waals surface area contributed by atoms with Crippen molar-refractivity contribution < 1.29 is 9.32 Å². The maximum atomic E-state index is 12.2. The number of rotatable bonds is 5. The van der Waals surface area contributed by atoms with Gasteiger partial charge in [-0.2, -0.15) is 4.98 Å². The fourth-order valence-corrected chi connectivity index (χ4v) is 3.44. The molecular formula is C15H19N3O2S. The van der Waals surface area contributed by atoms with Crippen molar-refractivity contribution in [2.24, 2.45) is 5.92 Å². The van der Waals surface area contributed by atoms with E-state index in [1.807, 2.05) is 22.4 Å². The number of hydrogen-bond acceptors (Lipinski definition) is 5. The molecule has 5 nitrogen and oxygen atoms in total. The smallest absolute Gasteiger partial charge is 0.227 e. The predicted octanol–water partition coefficient (Wildman–Crippen LogP) is 2.46. The molecule has 1 aliphatic rings. The molecule has 0 radical (unpaired) electrons. The molecular weight excluding hydrogens is 286 g/mol. The summed E-state index contributed by atoms with van der Waals surface area (Å²) < 4.78 is 4.97. The van der Waals surface area contributed by atoms with Gasteiger partial charge in [0.1, 0.15) is 0 Å². The van der Waals surface area contributed by atoms with Gasteiger partial charge in [0.2, 0.25) is 11.8 Å². The second kappa shape index (κ2) is 6.39. The van der Waals surface area contributed by atoms with E-state index < -0.39 is 0 Å². The summed E-state index contributed by atoms with van der Waals surface area (Å²) in [5, 5.41) is 5.93. The van der Waals surface area contributed by atoms with Crippen LogP contribution in [0.3, 0.4) is 0 Å². The van der Waals surface area contributed by atoms with Gasteiger partial charge in [-0.25, -0.2) is 0 Å². The number of carbonyl (C=O) groups is 1. The fourth-order valence-electron chi connectivity index (χ4n) is 2.74. The summed E-state index contributed by atoms with van der Waals surface area (Å²) in [5.74, 6) is 2.19. The Bertz CT molecular complexity index is 594. The zero-order valence-electron chi connectivity index (χ0n) is 12.1. The van der Waals surface area contributed by atoms with Crippen LogP contribution in [0, 0.1) is 12.8 Å². The van der Waals surface area contributed by atoms with Crippen LogP contribution in [-0.2, 0) is 17.6 Å². The van der Waals surface area contributed by atoms with Crippen molar-refractivity contribution in [3.63, 3.8) is 0 Å². The number of nitrogens with zero attached hydrogens (tertiary/aromatic N) is 3. The zero-order valence-corrected chi connectivity index (χ0v) is 12.9. The molecule has 21 heavy (non-hydrogen) atoms. The Kier molecular flexibility index (Phi) is 4.34. The maximum Gasteiger partial charge on any atom is 0.227 e. The van der Waals surface area contributed by atoms with Crippen molar-refractivity contribution in [3.8, 4) is 0 Å². The first-order chi connectivity index (χ1) is 10.2. The van der Waals surface area contributed by atoms with Crippen molar-refractivity contribution >= 4 is 17.2 Å². The summed E-state index contributed by atoms with van der Waals surface area (Å²) in [6, 6.07) is 4.02. The van der Waals surface area contributed by atoms with Gasteiger partial charge in [0.15, 0.2) is 5.82 Å². The molecule has 1 atom stereocenters. The zero-order chi connectivity index (χ0) is 14.7. The molecule has 6 heteroatoms. The van der Waals surface area contributed by atoms with E-state index in [0.29, 0.717) is 18.2 Å². The highest BCUT2D eigenvalue weighted by molar-refractivity contribution is 7.10. The van der Waals surface area contributed by atoms with E-state index >= 15 is 0 Å². The number of aromatic nitrogens is 2. The number of thiophene rings is 1. The number of aryl methyl sites for hydroxylation is 2. The van der Waals surface area contributed by atoms with Crippen molar-refractivity contribution in [3.05, 3.63) is 34.1 Å². The summed E-state index contributed by atoms with van der Waals surface area (Å²) in [5.41, 5.74) is 0. The lowest BCUT2D eigenvalue weighted by molar-refractivity contribution is -0.129. The Hall–Kier alpha value is -1.69. The lowest BCUT2D eigenvalue weighted by Gasteiger charge is -2.16. The standard InChI is InChI=1S/C15H19N3O2S/c1-11-16-14(17-20-11)5-4-12-6-7-18(10-12)15(19)9-13-3-2-8-21-13/h2-3,8,12H,4-7,9-10H2,1H3. The van der Waals surface area contributed by atoms with Crippen LogP contribution in [-0.4, -0.2) is 34.0 Å². The van der Waals surface area contributed by atoms with Gasteiger partial charge in [-0.1, -0.05) is 11.2 Å². The first-order valence-corrected chi connectivity index (χ1v) is 8.18. The second-order valence-electron chi connectivity index (χ2n) is 5.52. The van der Waals surface area contributed by atoms with Crippen molar-refractivity contribution in [2.45, 2.75) is 32.6 Å². The predicted molar refractivity (Wildman–Crippen MR) is 80.1 cm³/mol. The molecule has 1 unspecified atom stereocenters. The van der Waals surface area contributed by atoms with Crippen LogP contribution in [0.4, 0.5) is 0 Å². The second-order valence-corrected chi connectivity index (χ2v) is 6.55. The van der Waals surface area contributed by atoms with Gasteiger partial charge in [-0.05, 0) is 30.2 Å². The van der Waals surface area contributed by atoms with E-state index in [0.717, 1.165) is 43.1 Å². The molecule has 3 rings (SSSR count). The Labute approximate surface area is 128 Å². The molecule has 1 aliphatic heterocycles. The molecule has 2 aromatic heterocycles. The number of amides is 1. The third-order valence-electron chi connectivity index (χ3n) is 3.89. The number of carbonyl (C=O) groups excluding carboxylic acids is 1. The first kappa shape index (κ1) is 14.3. The van der Waals surface area contributed by atoms with E-state index in [4.69, 9.17) is 4.52 Å². The van der Waals surface area contributed by atoms with Crippen molar-refractivity contribution in [1.29, 1.82) is 0 Å². The minimum atomic E-state index is 0.246. The summed E-state index contributed by atoms with van der Waals surface area (Å²) in [7, 11) is 0. The SMILES string of the molecule is Cc1nc(CCC2CCN(C(=O)Cc3cccs3)C2)no1. The van der Waals surface area contributed by atoms with Crippen LogP contribution in [0.5, 0.6) is 0 Å². The quantitative estimate of drug-likeness (QED) is 0.851. The van der Waals surface area contributed by atoms with Gasteiger partial charge in [0, 0.05) is 31.3 Å². The summed E-state index contributed by atoms with van der Waals surface area (Å²) in [6.45, 7) is 3.54. The molecule has 112 valence electrons. The van der Waals surface area contributed by atoms with E-state index in [1.54, 1.807) is 18.3 Å². The van der Waals surface area contributed by atoms with Gasteiger partial charge in [0.25, 0.3) is 0 Å². The summed E-state index contributed by atoms with van der Waals surface area (Å²) in [4.78, 5) is 19.6. The Morgan fingerprint density at radius 2 is 2.48 bits per heavy atom. The summed E-state index contributed by atoms with van der Waals surface area (Å²) in [6.07, 6.45) is 3.46. The molecule has 0 aromatic carbocycles. The van der Waals surface area contributed by atoms with E-state index in [2.05, 4.69) is 10.1 Å². The van der Waals surface area contributed by atoms with Gasteiger partial charge < -0.3 is 9.42 Å². The van der Waals surface area contributed by atoms with Gasteiger partial charge in [0.05, 0.1) is 6.42 Å². The van der Waals surface area contributed by atoms with Crippen LogP contribution in [0.15, 0.2) is 22.0 Å². The lowest BCUT2D eigenvalue weighted by Crippen LogP contribution is -2.29. The highest BCUT2D eigenvalue weighted by Crippen LogP contribution is 2.22. The highest BCUT2D eigenvalue weighted by atomic mass is 32.1. The molecule has 0 N–H and O–H groups in total. The summed E-state index contributed by atoms with van der Waals surface area (Å²) >= 11 is 1.65. The number of likely N-dealkylation sites (tertiary alicyclic amines) is 1. The van der Waals surface area contributed by atoms with Crippen LogP contribution in [0.1, 0.15) is 29.4 Å². The topological polar surface area (TPSA) is 59.2 Å². The third kappa shape index (κ3) is 3.69. The molecule has 0 bridgehead atoms. The highest BCUT2D eigenvalue weighted by Gasteiger charge is 2.26. The molecule has 1 fully saturated rings. The van der Waals surface area contributed by atoms with E-state index in [1.165, 1.54) is 0 Å². The lowest BCUT2D eigenvalue weighted by atomic mass is 10.0. The molecule has 0 spiro atoms. The third-order valence-corrected chi connectivity index (χ3v) is 4.77. The Balaban J connectivity index is 1.45. The Morgan fingerprint density at radius 3 is 3.19 bits per heavy atom. The van der Waals surface area contributed by atoms with E-state index in [9.17, 15) is 4.79 Å². The molecule has 1 saturated heterocycles. The van der Waals surface area contributed by atoms with Gasteiger partial charge >= 0.3 is 0 Å². The minimum absolute atomic E-state index is 0.246. The van der Waals surface area contributed by atoms with Crippen molar-refractivity contribution in [2.75, 3.05) is 13.1 Å². The van der Waals surface area contributed by atoms with Crippen LogP contribution < -0.4 is 0 Å². The van der Waals surface area contributed by atoms with Crippen LogP contribution in [0.2, 0.25) is 0 Å². The largest absolute Gasteiger partial charge is 0.342 e. The Morgan fingerprint density at radius 1 is 1.57 bits per heavy atom. The maximum absolute atomic E-state index is 12.2. The molecule has 2 aromatic rings. The van der Waals surface area contributed by atoms with Crippen molar-refractivity contribution in [1.82, 2.24) is 15.0 Å². The van der Waals surface area contributed by atoms with Gasteiger partial charge in [-0.3, -0.25) is 4.79 Å². The first-order valence-electron chi connectivity index (χ1n) is 7.30. The fraction of sp³-hybridized carbons (Fsp3) is 0.533. The normalized spacial score (nSPS) is 18.3. The molecule has 0 aliphatic carbocycles. The monoisotopic (exact) mass is 305 g/mol. The average Bonchev–Trinajstić information content (AvgIpc) is 3.17. The average molecular weight is 305 g/mol. The van der Waals surface area contributed by atoms with Crippen LogP contribution in [0.25, 0.3) is 0 Å². The molecule has 0 saturated carbocycles. The number of hydrogen-bond donors (Lipinski definition) is 0. The van der Waals surface area contributed by atoms with Crippen LogP contribution >= 0.6 is 11.3 Å². The van der Waals surface area contributed by atoms with Gasteiger partial charge in [-0.15, -0.1) is 11.3 Å². The molecule has 3 heterocycles. The molecule has 1 amide bonds.